The molecule has 1 rings (SSSR count). The average molecular weight is 177 g/mol. The third-order valence-electron chi connectivity index (χ3n) is 1.63. The van der Waals surface area contributed by atoms with Crippen molar-refractivity contribution in [1.82, 2.24) is 0 Å². The summed E-state index contributed by atoms with van der Waals surface area (Å²) in [6.07, 6.45) is 2.86. The van der Waals surface area contributed by atoms with Gasteiger partial charge in [-0.05, 0) is 6.42 Å². The van der Waals surface area contributed by atoms with Crippen molar-refractivity contribution in [3.05, 3.63) is 42.5 Å². The fourth-order valence-electron chi connectivity index (χ4n) is 1.04. The van der Waals surface area contributed by atoms with E-state index < -0.39 is 19.3 Å². The van der Waals surface area contributed by atoms with Crippen LogP contribution in [-0.2, 0) is 6.42 Å². The molecule has 11 heavy (non-hydrogen) atoms. The molecule has 54 valence electrons. The van der Waals surface area contributed by atoms with Crippen LogP contribution in [0.5, 0.6) is 0 Å². The van der Waals surface area contributed by atoms with E-state index in [1.165, 1.54) is 9.26 Å². The van der Waals surface area contributed by atoms with Crippen LogP contribution in [0.15, 0.2) is 36.9 Å². The summed E-state index contributed by atoms with van der Waals surface area (Å²) >= 11 is -0.534. The minimum absolute atomic E-state index is 0.534. The standard InChI is InChI=1S/C9H9.ClH.Mg/c1-2-6-9-7-4-3-5-8-9;;/h2-5,7H,1,6H2;1H;/q;;+1/p-1. The molecule has 0 radical (unpaired) electrons. The van der Waals surface area contributed by atoms with Crippen molar-refractivity contribution >= 4 is 32.0 Å². The molecule has 0 aliphatic heterocycles. The highest BCUT2D eigenvalue weighted by Gasteiger charge is 1.99. The predicted octanol–water partition coefficient (Wildman–Crippen LogP) is 1.90. The fourth-order valence-corrected chi connectivity index (χ4v) is 2.48. The number of hydrogen-bond acceptors (Lipinski definition) is 0. The van der Waals surface area contributed by atoms with Gasteiger partial charge in [-0.15, -0.1) is 10.3 Å². The number of hydrogen-bond donors (Lipinski definition) is 0. The van der Waals surface area contributed by atoms with Crippen molar-refractivity contribution in [3.63, 3.8) is 0 Å². The zero-order valence-electron chi connectivity index (χ0n) is 6.39. The third-order valence-corrected chi connectivity index (χ3v) is 3.47. The van der Waals surface area contributed by atoms with Crippen molar-refractivity contribution in [3.8, 4) is 0 Å². The molecule has 0 unspecified atom stereocenters. The zero-order chi connectivity index (χ0) is 8.10. The summed E-state index contributed by atoms with van der Waals surface area (Å²) in [4.78, 5) is 0. The van der Waals surface area contributed by atoms with Crippen LogP contribution in [-0.4, -0.2) is 19.3 Å². The van der Waals surface area contributed by atoms with E-state index in [1.807, 2.05) is 18.2 Å². The van der Waals surface area contributed by atoms with Gasteiger partial charge in [-0.1, -0.05) is 35.9 Å². The van der Waals surface area contributed by atoms with Gasteiger partial charge >= 0.3 is 19.3 Å². The first kappa shape index (κ1) is 9.11. The molecule has 0 bridgehead atoms. The highest BCUT2D eigenvalue weighted by molar-refractivity contribution is 7.01. The lowest BCUT2D eigenvalue weighted by molar-refractivity contribution is 1.30. The molecule has 0 heterocycles. The summed E-state index contributed by atoms with van der Waals surface area (Å²) in [5, 5.41) is 0. The SMILES string of the molecule is C=CCc1cccc[c]1[Mg][Cl]. The molecule has 0 saturated carbocycles. The maximum Gasteiger partial charge on any atom is 0.538 e. The molecule has 0 aliphatic rings. The lowest BCUT2D eigenvalue weighted by atomic mass is 10.1. The molecule has 0 fully saturated rings. The maximum absolute atomic E-state index is 5.87. The summed E-state index contributed by atoms with van der Waals surface area (Å²) in [6, 6.07) is 8.31. The second-order valence-electron chi connectivity index (χ2n) is 2.40. The molecule has 0 aromatic heterocycles. The Morgan fingerprint density at radius 2 is 2.18 bits per heavy atom. The van der Waals surface area contributed by atoms with Crippen molar-refractivity contribution in [2.45, 2.75) is 6.42 Å². The Morgan fingerprint density at radius 3 is 2.82 bits per heavy atom. The Bertz CT molecular complexity index is 245. The largest absolute Gasteiger partial charge is 0.538 e. The normalized spacial score (nSPS) is 8.82. The zero-order valence-corrected chi connectivity index (χ0v) is 8.56. The monoisotopic (exact) mass is 176 g/mol. The van der Waals surface area contributed by atoms with Crippen molar-refractivity contribution in [1.29, 1.82) is 0 Å². The fraction of sp³-hybridized carbons (Fsp3) is 0.111. The Labute approximate surface area is 80.8 Å². The van der Waals surface area contributed by atoms with Crippen molar-refractivity contribution in [2.24, 2.45) is 0 Å². The average Bonchev–Trinajstić information content (AvgIpc) is 2.06. The summed E-state index contributed by atoms with van der Waals surface area (Å²) in [5.74, 6) is 0. The van der Waals surface area contributed by atoms with Crippen LogP contribution < -0.4 is 3.69 Å². The lowest BCUT2D eigenvalue weighted by Crippen LogP contribution is -2.13. The van der Waals surface area contributed by atoms with E-state index >= 15 is 0 Å². The first-order valence-corrected chi connectivity index (χ1v) is 6.46. The third kappa shape index (κ3) is 2.51. The van der Waals surface area contributed by atoms with Crippen LogP contribution in [0.2, 0.25) is 0 Å². The van der Waals surface area contributed by atoms with E-state index in [0.29, 0.717) is 0 Å². The second-order valence-corrected chi connectivity index (χ2v) is 4.23. The van der Waals surface area contributed by atoms with E-state index in [-0.39, 0.29) is 0 Å². The molecule has 1 aromatic rings. The Kier molecular flexibility index (Phi) is 3.98. The Morgan fingerprint density at radius 1 is 1.45 bits per heavy atom. The first-order valence-electron chi connectivity index (χ1n) is 3.62. The van der Waals surface area contributed by atoms with Crippen LogP contribution in [0.3, 0.4) is 0 Å². The molecule has 0 atom stereocenters. The lowest BCUT2D eigenvalue weighted by Gasteiger charge is -2.02. The molecular weight excluding hydrogens is 168 g/mol. The van der Waals surface area contributed by atoms with Gasteiger partial charge in [0.2, 0.25) is 0 Å². The maximum atomic E-state index is 5.87. The summed E-state index contributed by atoms with van der Waals surface area (Å²) in [7, 11) is 5.87. The van der Waals surface area contributed by atoms with Crippen molar-refractivity contribution in [2.75, 3.05) is 0 Å². The molecule has 0 saturated heterocycles. The smallest absolute Gasteiger partial charge is 0.336 e. The van der Waals surface area contributed by atoms with Gasteiger partial charge in [0.25, 0.3) is 0 Å². The Balaban J connectivity index is 2.92. The molecule has 1 aromatic carbocycles. The van der Waals surface area contributed by atoms with Gasteiger partial charge in [-0.3, -0.25) is 0 Å². The first-order chi connectivity index (χ1) is 5.38. The molecule has 0 amide bonds. The topological polar surface area (TPSA) is 0 Å². The van der Waals surface area contributed by atoms with Gasteiger partial charge in [-0.2, -0.15) is 0 Å². The van der Waals surface area contributed by atoms with E-state index in [1.54, 1.807) is 0 Å². The number of benzene rings is 1. The van der Waals surface area contributed by atoms with Crippen LogP contribution in [0.4, 0.5) is 0 Å². The summed E-state index contributed by atoms with van der Waals surface area (Å²) in [5.41, 5.74) is 1.34. The summed E-state index contributed by atoms with van der Waals surface area (Å²) < 4.78 is 1.34. The van der Waals surface area contributed by atoms with E-state index in [2.05, 4.69) is 18.7 Å². The molecule has 0 N–H and O–H groups in total. The molecule has 0 spiro atoms. The van der Waals surface area contributed by atoms with E-state index in [0.717, 1.165) is 6.42 Å². The van der Waals surface area contributed by atoms with Gasteiger partial charge < -0.3 is 9.07 Å². The van der Waals surface area contributed by atoms with Gasteiger partial charge in [0, 0.05) is 0 Å². The quantitative estimate of drug-likeness (QED) is 0.488. The van der Waals surface area contributed by atoms with Crippen LogP contribution in [0, 0.1) is 0 Å². The molecule has 0 nitrogen and oxygen atoms in total. The number of allylic oxidation sites excluding steroid dienone is 1. The second kappa shape index (κ2) is 4.81. The molecule has 2 heteroatoms. The van der Waals surface area contributed by atoms with Gasteiger partial charge in [0.05, 0.1) is 0 Å². The minimum atomic E-state index is -0.534. The van der Waals surface area contributed by atoms with E-state index in [4.69, 9.17) is 9.07 Å². The van der Waals surface area contributed by atoms with Gasteiger partial charge in [-0.25, -0.2) is 0 Å². The number of rotatable bonds is 3. The van der Waals surface area contributed by atoms with Crippen molar-refractivity contribution < 1.29 is 0 Å². The Hall–Kier alpha value is 0.0162. The molecule has 0 aliphatic carbocycles. The van der Waals surface area contributed by atoms with Gasteiger partial charge in [0.15, 0.2) is 0 Å². The highest BCUT2D eigenvalue weighted by Crippen LogP contribution is 1.97. The van der Waals surface area contributed by atoms with E-state index in [9.17, 15) is 0 Å². The minimum Gasteiger partial charge on any atom is -0.336 e. The highest BCUT2D eigenvalue weighted by atomic mass is 35.5. The van der Waals surface area contributed by atoms with Crippen LogP contribution >= 0.6 is 9.07 Å². The predicted molar refractivity (Wildman–Crippen MR) is 51.6 cm³/mol. The van der Waals surface area contributed by atoms with Crippen LogP contribution in [0.25, 0.3) is 0 Å². The summed E-state index contributed by atoms with van der Waals surface area (Å²) in [6.45, 7) is 3.70. The number of halogens is 1. The van der Waals surface area contributed by atoms with Gasteiger partial charge in [0.1, 0.15) is 0 Å². The molecular formula is C9H9ClMg. The van der Waals surface area contributed by atoms with Crippen LogP contribution in [0.1, 0.15) is 5.56 Å².